The Bertz CT molecular complexity index is 1290. The van der Waals surface area contributed by atoms with Gasteiger partial charge in [0.15, 0.2) is 6.23 Å². The summed E-state index contributed by atoms with van der Waals surface area (Å²) in [5.41, 5.74) is 2.44. The summed E-state index contributed by atoms with van der Waals surface area (Å²) in [6.45, 7) is 6.30. The van der Waals surface area contributed by atoms with E-state index in [2.05, 4.69) is 20.4 Å². The van der Waals surface area contributed by atoms with Crippen LogP contribution in [0.4, 0.5) is 10.1 Å². The topological polar surface area (TPSA) is 114 Å². The van der Waals surface area contributed by atoms with E-state index >= 15 is 4.39 Å². The van der Waals surface area contributed by atoms with Crippen LogP contribution in [-0.2, 0) is 27.4 Å². The Kier molecular flexibility index (Phi) is 7.06. The molecule has 10 nitrogen and oxygen atoms in total. The van der Waals surface area contributed by atoms with Gasteiger partial charge < -0.3 is 15.2 Å². The Morgan fingerprint density at radius 2 is 1.90 bits per heavy atom. The predicted octanol–water partition coefficient (Wildman–Crippen LogP) is 1.21. The van der Waals surface area contributed by atoms with Gasteiger partial charge in [0, 0.05) is 68.5 Å². The van der Waals surface area contributed by atoms with Gasteiger partial charge in [0.25, 0.3) is 5.91 Å². The van der Waals surface area contributed by atoms with Crippen molar-refractivity contribution < 1.29 is 28.6 Å². The van der Waals surface area contributed by atoms with Gasteiger partial charge in [-0.1, -0.05) is 24.3 Å². The smallest absolute Gasteiger partial charge is 0.259 e. The van der Waals surface area contributed by atoms with Crippen molar-refractivity contribution in [2.45, 2.75) is 44.2 Å². The lowest BCUT2D eigenvalue weighted by Crippen LogP contribution is -2.60. The molecule has 0 aromatic heterocycles. The van der Waals surface area contributed by atoms with Crippen LogP contribution in [0, 0.1) is 5.82 Å². The molecule has 3 saturated heterocycles. The molecule has 3 N–H and O–H groups in total. The number of likely N-dealkylation sites (tertiary alicyclic amines) is 1. The van der Waals surface area contributed by atoms with Gasteiger partial charge in [-0.25, -0.2) is 4.39 Å². The molecule has 6 rings (SSSR count). The van der Waals surface area contributed by atoms with Crippen LogP contribution in [0.1, 0.15) is 46.1 Å². The number of hydrogen-bond acceptors (Lipinski definition) is 8. The van der Waals surface area contributed by atoms with E-state index in [0.717, 1.165) is 49.9 Å². The summed E-state index contributed by atoms with van der Waals surface area (Å²) < 4.78 is 20.4. The highest BCUT2D eigenvalue weighted by atomic mass is 19.1. The number of aliphatic hydroxyl groups is 1. The summed E-state index contributed by atoms with van der Waals surface area (Å²) in [5, 5.41) is 16.2. The molecule has 3 amide bonds. The molecule has 2 atom stereocenters. The van der Waals surface area contributed by atoms with E-state index in [1.165, 1.54) is 0 Å². The average molecular weight is 538 g/mol. The van der Waals surface area contributed by atoms with Gasteiger partial charge in [-0.15, -0.1) is 0 Å². The second kappa shape index (κ2) is 10.6. The minimum atomic E-state index is -1.31. The van der Waals surface area contributed by atoms with E-state index in [0.29, 0.717) is 29.4 Å². The zero-order chi connectivity index (χ0) is 27.1. The van der Waals surface area contributed by atoms with Crippen LogP contribution in [0.25, 0.3) is 0 Å². The lowest BCUT2D eigenvalue weighted by Gasteiger charge is -2.46. The summed E-state index contributed by atoms with van der Waals surface area (Å²) in [4.78, 5) is 43.1. The quantitative estimate of drug-likeness (QED) is 0.452. The van der Waals surface area contributed by atoms with Crippen molar-refractivity contribution in [3.05, 3.63) is 64.5 Å². The third kappa shape index (κ3) is 5.03. The molecule has 4 aliphatic heterocycles. The fourth-order valence-corrected chi connectivity index (χ4v) is 5.95. The monoisotopic (exact) mass is 537 g/mol. The highest BCUT2D eigenvalue weighted by molar-refractivity contribution is 6.08. The number of carbonyl (C=O) groups excluding carboxylic acids is 3. The number of halogens is 1. The van der Waals surface area contributed by atoms with E-state index in [9.17, 15) is 19.5 Å². The van der Waals surface area contributed by atoms with Crippen molar-refractivity contribution in [1.29, 1.82) is 0 Å². The molecule has 2 aromatic carbocycles. The number of imide groups is 1. The fourth-order valence-electron chi connectivity index (χ4n) is 5.95. The lowest BCUT2D eigenvalue weighted by molar-refractivity contribution is -0.139. The molecule has 11 heteroatoms. The largest absolute Gasteiger partial charge is 0.380 e. The summed E-state index contributed by atoms with van der Waals surface area (Å²) in [5.74, 6) is -1.82. The zero-order valence-corrected chi connectivity index (χ0v) is 21.6. The Labute approximate surface area is 225 Å². The number of amides is 3. The first-order valence-electron chi connectivity index (χ1n) is 13.4. The van der Waals surface area contributed by atoms with Gasteiger partial charge in [-0.2, -0.15) is 0 Å². The molecule has 2 aromatic rings. The number of nitrogens with one attached hydrogen (secondary N) is 2. The fraction of sp³-hybridized carbons (Fsp3) is 0.464. The third-order valence-corrected chi connectivity index (χ3v) is 8.13. The SMILES string of the molecule is O=C1CC[C@@H](N2C(=O)c3c(NCc4ccc(CN5CC(N6CCOCC6)C5)cc4F)cccc3C2O)C(=O)N1. The number of anilines is 1. The molecule has 3 fully saturated rings. The van der Waals surface area contributed by atoms with Crippen LogP contribution in [0.3, 0.4) is 0 Å². The third-order valence-electron chi connectivity index (χ3n) is 8.13. The second-order valence-electron chi connectivity index (χ2n) is 10.6. The van der Waals surface area contributed by atoms with Crippen LogP contribution < -0.4 is 10.6 Å². The van der Waals surface area contributed by atoms with Crippen molar-refractivity contribution in [2.24, 2.45) is 0 Å². The number of nitrogens with zero attached hydrogens (tertiary/aromatic N) is 3. The Balaban J connectivity index is 1.08. The van der Waals surface area contributed by atoms with Crippen LogP contribution in [0.15, 0.2) is 36.4 Å². The predicted molar refractivity (Wildman–Crippen MR) is 139 cm³/mol. The van der Waals surface area contributed by atoms with Crippen molar-refractivity contribution in [1.82, 2.24) is 20.0 Å². The van der Waals surface area contributed by atoms with Gasteiger partial charge in [-0.05, 0) is 24.1 Å². The highest BCUT2D eigenvalue weighted by Gasteiger charge is 2.45. The highest BCUT2D eigenvalue weighted by Crippen LogP contribution is 2.39. The summed E-state index contributed by atoms with van der Waals surface area (Å²) in [6, 6.07) is 9.87. The first-order valence-corrected chi connectivity index (χ1v) is 13.4. The van der Waals surface area contributed by atoms with Gasteiger partial charge >= 0.3 is 0 Å². The van der Waals surface area contributed by atoms with Crippen LogP contribution in [-0.4, -0.2) is 89.0 Å². The van der Waals surface area contributed by atoms with Gasteiger partial charge in [0.1, 0.15) is 11.9 Å². The maximum atomic E-state index is 15.0. The van der Waals surface area contributed by atoms with Crippen molar-refractivity contribution in [2.75, 3.05) is 44.7 Å². The summed E-state index contributed by atoms with van der Waals surface area (Å²) >= 11 is 0. The number of piperidine rings is 1. The van der Waals surface area contributed by atoms with E-state index < -0.39 is 30.0 Å². The molecule has 206 valence electrons. The number of aliphatic hydroxyl groups excluding tert-OH is 1. The number of ether oxygens (including phenoxy) is 1. The van der Waals surface area contributed by atoms with Crippen LogP contribution in [0.2, 0.25) is 0 Å². The first-order chi connectivity index (χ1) is 18.9. The van der Waals surface area contributed by atoms with E-state index in [4.69, 9.17) is 4.74 Å². The molecule has 0 bridgehead atoms. The van der Waals surface area contributed by atoms with E-state index in [-0.39, 0.29) is 30.8 Å². The van der Waals surface area contributed by atoms with Crippen molar-refractivity contribution >= 4 is 23.4 Å². The Morgan fingerprint density at radius 1 is 1.10 bits per heavy atom. The summed E-state index contributed by atoms with van der Waals surface area (Å²) in [6.07, 6.45) is -1.07. The minimum absolute atomic E-state index is 0.0931. The molecule has 39 heavy (non-hydrogen) atoms. The van der Waals surface area contributed by atoms with Crippen molar-refractivity contribution in [3.8, 4) is 0 Å². The van der Waals surface area contributed by atoms with Crippen molar-refractivity contribution in [3.63, 3.8) is 0 Å². The molecule has 4 heterocycles. The zero-order valence-electron chi connectivity index (χ0n) is 21.6. The van der Waals surface area contributed by atoms with Crippen LogP contribution >= 0.6 is 0 Å². The van der Waals surface area contributed by atoms with Gasteiger partial charge in [0.2, 0.25) is 11.8 Å². The number of fused-ring (bicyclic) bond motifs is 1. The molecule has 0 aliphatic carbocycles. The second-order valence-corrected chi connectivity index (χ2v) is 10.6. The molecule has 1 unspecified atom stereocenters. The number of rotatable bonds is 7. The molecular formula is C28H32FN5O5. The Hall–Kier alpha value is -3.38. The Morgan fingerprint density at radius 3 is 2.64 bits per heavy atom. The lowest BCUT2D eigenvalue weighted by atomic mass is 10.0. The normalized spacial score (nSPS) is 24.5. The number of carbonyl (C=O) groups is 3. The van der Waals surface area contributed by atoms with Gasteiger partial charge in [0.05, 0.1) is 18.8 Å². The number of morpholine rings is 1. The number of hydrogen-bond donors (Lipinski definition) is 3. The van der Waals surface area contributed by atoms with Gasteiger partial charge in [-0.3, -0.25) is 34.4 Å². The minimum Gasteiger partial charge on any atom is -0.380 e. The average Bonchev–Trinajstić information content (AvgIpc) is 3.16. The van der Waals surface area contributed by atoms with E-state index in [1.54, 1.807) is 30.3 Å². The number of benzene rings is 2. The maximum Gasteiger partial charge on any atom is 0.259 e. The molecular weight excluding hydrogens is 505 g/mol. The molecule has 0 radical (unpaired) electrons. The van der Waals surface area contributed by atoms with Crippen LogP contribution in [0.5, 0.6) is 0 Å². The first kappa shape index (κ1) is 25.9. The molecule has 0 spiro atoms. The summed E-state index contributed by atoms with van der Waals surface area (Å²) in [7, 11) is 0. The molecule has 4 aliphatic rings. The maximum absolute atomic E-state index is 15.0. The standard InChI is InChI=1S/C28H32FN5O5/c29-21-12-17(14-32-15-19(16-32)33-8-10-39-11-9-33)4-5-18(21)13-30-22-3-1-2-20-25(22)28(38)34(27(20)37)23-6-7-24(35)31-26(23)36/h1-5,12,19,23,27,30,37H,6-11,13-16H2,(H,31,35,36)/t23-,27?/m1/s1. The van der Waals surface area contributed by atoms with E-state index in [1.807, 2.05) is 6.07 Å². The molecule has 0 saturated carbocycles.